The lowest BCUT2D eigenvalue weighted by molar-refractivity contribution is -0.128. The van der Waals surface area contributed by atoms with Crippen molar-refractivity contribution in [2.45, 2.75) is 26.4 Å². The van der Waals surface area contributed by atoms with Crippen molar-refractivity contribution in [3.8, 4) is 11.5 Å². The molecule has 2 aromatic rings. The number of carbonyl (C=O) groups is 1. The van der Waals surface area contributed by atoms with Gasteiger partial charge in [0.05, 0.1) is 18.5 Å². The maximum atomic E-state index is 12.4. The lowest BCUT2D eigenvalue weighted by atomic mass is 10.2. The van der Waals surface area contributed by atoms with Gasteiger partial charge in [0, 0.05) is 7.05 Å². The zero-order valence-corrected chi connectivity index (χ0v) is 18.0. The molecule has 2 aromatic carbocycles. The maximum Gasteiger partial charge on any atom is 0.261 e. The van der Waals surface area contributed by atoms with Gasteiger partial charge in [-0.1, -0.05) is 24.6 Å². The largest absolute Gasteiger partial charge is 0.492 e. The van der Waals surface area contributed by atoms with Gasteiger partial charge in [-0.25, -0.2) is 8.42 Å². The molecule has 1 N–H and O–H groups in total. The standard InChI is InChI=1S/C21H28N2O5S/c1-5-20(21(24)22-14-15-27-18-10-6-16(2)7-11-18)28-19-12-8-17(9-13-19)23(3)29(4,25)26/h6-13,20H,5,14-15H2,1-4H3,(H,22,24). The Morgan fingerprint density at radius 1 is 1.07 bits per heavy atom. The van der Waals surface area contributed by atoms with E-state index in [0.29, 0.717) is 31.0 Å². The Morgan fingerprint density at radius 2 is 1.66 bits per heavy atom. The molecule has 0 radical (unpaired) electrons. The molecule has 0 aliphatic heterocycles. The molecule has 0 spiro atoms. The molecular weight excluding hydrogens is 392 g/mol. The summed E-state index contributed by atoms with van der Waals surface area (Å²) in [5, 5.41) is 2.81. The first kappa shape index (κ1) is 22.5. The number of carbonyl (C=O) groups excluding carboxylic acids is 1. The Kier molecular flexibility index (Phi) is 7.90. The highest BCUT2D eigenvalue weighted by Crippen LogP contribution is 2.21. The van der Waals surface area contributed by atoms with E-state index in [9.17, 15) is 13.2 Å². The van der Waals surface area contributed by atoms with Gasteiger partial charge in [-0.15, -0.1) is 0 Å². The van der Waals surface area contributed by atoms with Gasteiger partial charge in [-0.05, 0) is 49.7 Å². The molecule has 8 heteroatoms. The topological polar surface area (TPSA) is 84.9 Å². The van der Waals surface area contributed by atoms with E-state index in [2.05, 4.69) is 5.32 Å². The molecule has 0 saturated heterocycles. The Hall–Kier alpha value is -2.74. The average molecular weight is 421 g/mol. The molecule has 29 heavy (non-hydrogen) atoms. The number of anilines is 1. The Bertz CT molecular complexity index is 896. The van der Waals surface area contributed by atoms with E-state index in [4.69, 9.17) is 9.47 Å². The zero-order chi connectivity index (χ0) is 21.4. The first-order chi connectivity index (χ1) is 13.7. The fourth-order valence-electron chi connectivity index (χ4n) is 2.50. The summed E-state index contributed by atoms with van der Waals surface area (Å²) in [6.07, 6.45) is 0.987. The van der Waals surface area contributed by atoms with Crippen molar-refractivity contribution < 1.29 is 22.7 Å². The van der Waals surface area contributed by atoms with Crippen LogP contribution in [0.1, 0.15) is 18.9 Å². The third-order valence-corrected chi connectivity index (χ3v) is 5.54. The molecule has 0 heterocycles. The SMILES string of the molecule is CCC(Oc1ccc(N(C)S(C)(=O)=O)cc1)C(=O)NCCOc1ccc(C)cc1. The monoisotopic (exact) mass is 420 g/mol. The molecular formula is C21H28N2O5S. The third-order valence-electron chi connectivity index (χ3n) is 4.33. The van der Waals surface area contributed by atoms with E-state index in [1.54, 1.807) is 24.3 Å². The first-order valence-corrected chi connectivity index (χ1v) is 11.2. The minimum Gasteiger partial charge on any atom is -0.492 e. The van der Waals surface area contributed by atoms with Crippen LogP contribution in [0.3, 0.4) is 0 Å². The molecule has 158 valence electrons. The first-order valence-electron chi connectivity index (χ1n) is 9.38. The van der Waals surface area contributed by atoms with Crippen molar-refractivity contribution in [1.29, 1.82) is 0 Å². The number of sulfonamides is 1. The van der Waals surface area contributed by atoms with E-state index in [0.717, 1.165) is 17.6 Å². The van der Waals surface area contributed by atoms with Crippen LogP contribution >= 0.6 is 0 Å². The van der Waals surface area contributed by atoms with Gasteiger partial charge in [0.15, 0.2) is 6.10 Å². The number of ether oxygens (including phenoxy) is 2. The number of rotatable bonds is 10. The molecule has 0 aliphatic carbocycles. The molecule has 2 rings (SSSR count). The summed E-state index contributed by atoms with van der Waals surface area (Å²) in [7, 11) is -1.85. The fraction of sp³-hybridized carbons (Fsp3) is 0.381. The van der Waals surface area contributed by atoms with Crippen LogP contribution in [-0.4, -0.2) is 46.9 Å². The molecule has 1 unspecified atom stereocenters. The van der Waals surface area contributed by atoms with Crippen LogP contribution in [0.15, 0.2) is 48.5 Å². The highest BCUT2D eigenvalue weighted by Gasteiger charge is 2.18. The molecule has 0 fully saturated rings. The summed E-state index contributed by atoms with van der Waals surface area (Å²) >= 11 is 0. The number of nitrogens with zero attached hydrogens (tertiary/aromatic N) is 1. The zero-order valence-electron chi connectivity index (χ0n) is 17.2. The van der Waals surface area contributed by atoms with Crippen LogP contribution in [0.25, 0.3) is 0 Å². The van der Waals surface area contributed by atoms with Crippen molar-refractivity contribution in [3.05, 3.63) is 54.1 Å². The predicted octanol–water partition coefficient (Wildman–Crippen LogP) is 2.74. The summed E-state index contributed by atoms with van der Waals surface area (Å²) in [6.45, 7) is 4.59. The Labute approximate surface area is 172 Å². The maximum absolute atomic E-state index is 12.4. The highest BCUT2D eigenvalue weighted by molar-refractivity contribution is 7.92. The van der Waals surface area contributed by atoms with Gasteiger partial charge < -0.3 is 14.8 Å². The second-order valence-corrected chi connectivity index (χ2v) is 8.71. The van der Waals surface area contributed by atoms with Crippen molar-refractivity contribution in [2.75, 3.05) is 30.8 Å². The highest BCUT2D eigenvalue weighted by atomic mass is 32.2. The third kappa shape index (κ3) is 6.98. The van der Waals surface area contributed by atoms with Crippen LogP contribution in [0.5, 0.6) is 11.5 Å². The second kappa shape index (κ2) is 10.2. The summed E-state index contributed by atoms with van der Waals surface area (Å²) in [5.74, 6) is 1.03. The Balaban J connectivity index is 1.83. The average Bonchev–Trinajstić information content (AvgIpc) is 2.69. The molecule has 0 aromatic heterocycles. The van der Waals surface area contributed by atoms with Crippen molar-refractivity contribution >= 4 is 21.6 Å². The predicted molar refractivity (Wildman–Crippen MR) is 114 cm³/mol. The molecule has 0 aliphatic rings. The van der Waals surface area contributed by atoms with Gasteiger partial charge >= 0.3 is 0 Å². The number of nitrogens with one attached hydrogen (secondary N) is 1. The molecule has 1 amide bonds. The number of aryl methyl sites for hydroxylation is 1. The number of amides is 1. The van der Waals surface area contributed by atoms with Crippen LogP contribution in [-0.2, 0) is 14.8 Å². The molecule has 0 bridgehead atoms. The molecule has 1 atom stereocenters. The summed E-state index contributed by atoms with van der Waals surface area (Å²) in [5.41, 5.74) is 1.68. The van der Waals surface area contributed by atoms with E-state index in [1.807, 2.05) is 38.1 Å². The molecule has 0 saturated carbocycles. The van der Waals surface area contributed by atoms with Crippen molar-refractivity contribution in [2.24, 2.45) is 0 Å². The lowest BCUT2D eigenvalue weighted by Crippen LogP contribution is -2.39. The Morgan fingerprint density at radius 3 is 2.21 bits per heavy atom. The quantitative estimate of drug-likeness (QED) is 0.598. The smallest absolute Gasteiger partial charge is 0.261 e. The molecule has 7 nitrogen and oxygen atoms in total. The summed E-state index contributed by atoms with van der Waals surface area (Å²) < 4.78 is 35.7. The number of hydrogen-bond donors (Lipinski definition) is 1. The number of benzene rings is 2. The van der Waals surface area contributed by atoms with E-state index in [1.165, 1.54) is 11.4 Å². The van der Waals surface area contributed by atoms with E-state index < -0.39 is 16.1 Å². The van der Waals surface area contributed by atoms with Crippen LogP contribution < -0.4 is 19.1 Å². The van der Waals surface area contributed by atoms with Crippen molar-refractivity contribution in [1.82, 2.24) is 5.32 Å². The van der Waals surface area contributed by atoms with E-state index >= 15 is 0 Å². The van der Waals surface area contributed by atoms with Gasteiger partial charge in [0.1, 0.15) is 18.1 Å². The van der Waals surface area contributed by atoms with Crippen molar-refractivity contribution in [3.63, 3.8) is 0 Å². The summed E-state index contributed by atoms with van der Waals surface area (Å²) in [4.78, 5) is 12.4. The fourth-order valence-corrected chi connectivity index (χ4v) is 3.01. The van der Waals surface area contributed by atoms with Crippen LogP contribution in [0.4, 0.5) is 5.69 Å². The van der Waals surface area contributed by atoms with Gasteiger partial charge in [-0.3, -0.25) is 9.10 Å². The van der Waals surface area contributed by atoms with E-state index in [-0.39, 0.29) is 5.91 Å². The van der Waals surface area contributed by atoms with Crippen LogP contribution in [0, 0.1) is 6.92 Å². The normalized spacial score (nSPS) is 12.1. The van der Waals surface area contributed by atoms with Gasteiger partial charge in [0.25, 0.3) is 5.91 Å². The van der Waals surface area contributed by atoms with Gasteiger partial charge in [-0.2, -0.15) is 0 Å². The second-order valence-electron chi connectivity index (χ2n) is 6.69. The minimum absolute atomic E-state index is 0.225. The lowest BCUT2D eigenvalue weighted by Gasteiger charge is -2.19. The van der Waals surface area contributed by atoms with Gasteiger partial charge in [0.2, 0.25) is 10.0 Å². The van der Waals surface area contributed by atoms with Crippen LogP contribution in [0.2, 0.25) is 0 Å². The minimum atomic E-state index is -3.33. The number of hydrogen-bond acceptors (Lipinski definition) is 5. The summed E-state index contributed by atoms with van der Waals surface area (Å²) in [6, 6.07) is 14.3.